The van der Waals surface area contributed by atoms with Crippen LogP contribution in [-0.4, -0.2) is 41.5 Å². The molecule has 3 heterocycles. The molecule has 2 aliphatic heterocycles. The third kappa shape index (κ3) is 4.45. The van der Waals surface area contributed by atoms with E-state index in [-0.39, 0.29) is 24.9 Å². The average molecular weight is 506 g/mol. The number of carbonyl (C=O) groups is 2. The van der Waals surface area contributed by atoms with Crippen LogP contribution in [0.2, 0.25) is 0 Å². The molecule has 1 amide bonds. The van der Waals surface area contributed by atoms with E-state index in [0.29, 0.717) is 12.1 Å². The summed E-state index contributed by atoms with van der Waals surface area (Å²) in [6, 6.07) is 23.8. The summed E-state index contributed by atoms with van der Waals surface area (Å²) in [5, 5.41) is 0.802. The van der Waals surface area contributed by atoms with Crippen molar-refractivity contribution >= 4 is 34.2 Å². The first-order valence-corrected chi connectivity index (χ1v) is 13.4. The Labute approximate surface area is 222 Å². The van der Waals surface area contributed by atoms with Crippen molar-refractivity contribution in [1.82, 2.24) is 9.88 Å². The van der Waals surface area contributed by atoms with Crippen LogP contribution in [0.5, 0.6) is 0 Å². The van der Waals surface area contributed by atoms with Crippen LogP contribution < -0.4 is 4.90 Å². The highest BCUT2D eigenvalue weighted by molar-refractivity contribution is 6.06. The molecule has 0 radical (unpaired) electrons. The van der Waals surface area contributed by atoms with Crippen molar-refractivity contribution in [2.24, 2.45) is 0 Å². The number of esters is 1. The molecule has 0 bridgehead atoms. The minimum Gasteiger partial charge on any atom is -0.462 e. The summed E-state index contributed by atoms with van der Waals surface area (Å²) in [4.78, 5) is 36.1. The van der Waals surface area contributed by atoms with Crippen molar-refractivity contribution in [2.45, 2.75) is 39.2 Å². The van der Waals surface area contributed by atoms with E-state index in [2.05, 4.69) is 24.0 Å². The van der Waals surface area contributed by atoms with E-state index in [1.54, 1.807) is 4.90 Å². The molecule has 6 nitrogen and oxygen atoms in total. The SMILES string of the molecule is CCN1CCc2nc3ccccc3c(C(=O)OCCC(=O)N3c4ccccc4CCc4ccccc43)c2C1. The Balaban J connectivity index is 1.25. The highest BCUT2D eigenvalue weighted by atomic mass is 16.5. The molecule has 0 saturated heterocycles. The third-order valence-corrected chi connectivity index (χ3v) is 7.70. The average Bonchev–Trinajstić information content (AvgIpc) is 3.12. The molecular weight excluding hydrogens is 474 g/mol. The van der Waals surface area contributed by atoms with Crippen LogP contribution in [0.25, 0.3) is 10.9 Å². The summed E-state index contributed by atoms with van der Waals surface area (Å²) < 4.78 is 5.81. The Morgan fingerprint density at radius 2 is 1.53 bits per heavy atom. The summed E-state index contributed by atoms with van der Waals surface area (Å²) in [5.74, 6) is -0.472. The lowest BCUT2D eigenvalue weighted by Crippen LogP contribution is -2.32. The van der Waals surface area contributed by atoms with Gasteiger partial charge in [-0.05, 0) is 48.7 Å². The fourth-order valence-corrected chi connectivity index (χ4v) is 5.71. The van der Waals surface area contributed by atoms with Crippen molar-refractivity contribution in [2.75, 3.05) is 24.6 Å². The van der Waals surface area contributed by atoms with Crippen LogP contribution in [-0.2, 0) is 35.3 Å². The van der Waals surface area contributed by atoms with Gasteiger partial charge in [0.05, 0.1) is 28.9 Å². The van der Waals surface area contributed by atoms with Gasteiger partial charge in [0.15, 0.2) is 0 Å². The summed E-state index contributed by atoms with van der Waals surface area (Å²) >= 11 is 0. The number of likely N-dealkylation sites (N-methyl/N-ethyl adjacent to an activating group) is 1. The number of aromatic nitrogens is 1. The standard InChI is InChI=1S/C32H31N3O3/c1-2-34-19-17-27-25(21-34)31(24-11-5-6-12-26(24)33-27)32(37)38-20-18-30(36)35-28-13-7-3-9-22(28)15-16-23-10-4-8-14-29(23)35/h3-14H,2,15-21H2,1H3. The molecule has 0 saturated carbocycles. The van der Waals surface area contributed by atoms with Crippen LogP contribution in [0.4, 0.5) is 11.4 Å². The smallest absolute Gasteiger partial charge is 0.339 e. The van der Waals surface area contributed by atoms with Crippen LogP contribution in [0.3, 0.4) is 0 Å². The van der Waals surface area contributed by atoms with Crippen LogP contribution in [0, 0.1) is 0 Å². The van der Waals surface area contributed by atoms with Gasteiger partial charge < -0.3 is 4.74 Å². The van der Waals surface area contributed by atoms with Gasteiger partial charge in [0.2, 0.25) is 5.91 Å². The molecule has 0 spiro atoms. The number of benzene rings is 3. The Morgan fingerprint density at radius 3 is 2.24 bits per heavy atom. The fourth-order valence-electron chi connectivity index (χ4n) is 5.71. The minimum absolute atomic E-state index is 0.0153. The predicted octanol–water partition coefficient (Wildman–Crippen LogP) is 5.62. The first-order valence-electron chi connectivity index (χ1n) is 13.4. The van der Waals surface area contributed by atoms with Gasteiger partial charge in [0.25, 0.3) is 0 Å². The second-order valence-corrected chi connectivity index (χ2v) is 9.92. The largest absolute Gasteiger partial charge is 0.462 e. The maximum Gasteiger partial charge on any atom is 0.339 e. The molecule has 0 unspecified atom stereocenters. The Morgan fingerprint density at radius 1 is 0.868 bits per heavy atom. The van der Waals surface area contributed by atoms with E-state index in [0.717, 1.165) is 77.0 Å². The lowest BCUT2D eigenvalue weighted by atomic mass is 9.96. The number of aryl methyl sites for hydroxylation is 2. The van der Waals surface area contributed by atoms with Crippen molar-refractivity contribution in [3.8, 4) is 0 Å². The number of carbonyl (C=O) groups excluding carboxylic acids is 2. The van der Waals surface area contributed by atoms with Gasteiger partial charge in [0.1, 0.15) is 6.61 Å². The van der Waals surface area contributed by atoms with Gasteiger partial charge in [-0.2, -0.15) is 0 Å². The summed E-state index contributed by atoms with van der Waals surface area (Å²) in [6.07, 6.45) is 2.66. The van der Waals surface area contributed by atoms with Crippen molar-refractivity contribution in [3.63, 3.8) is 0 Å². The number of ether oxygens (including phenoxy) is 1. The monoisotopic (exact) mass is 505 g/mol. The maximum atomic E-state index is 13.6. The first-order chi connectivity index (χ1) is 18.6. The summed E-state index contributed by atoms with van der Waals surface area (Å²) in [6.45, 7) is 4.66. The summed E-state index contributed by atoms with van der Waals surface area (Å²) in [5.41, 5.74) is 7.40. The van der Waals surface area contributed by atoms with Crippen molar-refractivity contribution in [3.05, 3.63) is 101 Å². The molecule has 38 heavy (non-hydrogen) atoms. The molecule has 0 fully saturated rings. The molecule has 0 aliphatic carbocycles. The lowest BCUT2D eigenvalue weighted by Gasteiger charge is -2.29. The Bertz CT molecular complexity index is 1480. The maximum absolute atomic E-state index is 13.6. The lowest BCUT2D eigenvalue weighted by molar-refractivity contribution is -0.118. The van der Waals surface area contributed by atoms with Crippen molar-refractivity contribution < 1.29 is 14.3 Å². The predicted molar refractivity (Wildman–Crippen MR) is 149 cm³/mol. The quantitative estimate of drug-likeness (QED) is 0.329. The molecule has 3 aromatic carbocycles. The van der Waals surface area contributed by atoms with E-state index in [9.17, 15) is 9.59 Å². The molecule has 0 N–H and O–H groups in total. The van der Waals surface area contributed by atoms with Gasteiger partial charge in [-0.15, -0.1) is 0 Å². The molecule has 1 aromatic heterocycles. The Hall–Kier alpha value is -4.03. The molecule has 4 aromatic rings. The minimum atomic E-state index is -0.387. The van der Waals surface area contributed by atoms with E-state index >= 15 is 0 Å². The third-order valence-electron chi connectivity index (χ3n) is 7.70. The van der Waals surface area contributed by atoms with Gasteiger partial charge in [0, 0.05) is 36.2 Å². The van der Waals surface area contributed by atoms with E-state index in [4.69, 9.17) is 9.72 Å². The van der Waals surface area contributed by atoms with Gasteiger partial charge in [-0.25, -0.2) is 4.79 Å². The van der Waals surface area contributed by atoms with E-state index < -0.39 is 0 Å². The number of hydrogen-bond acceptors (Lipinski definition) is 5. The van der Waals surface area contributed by atoms with E-state index in [1.807, 2.05) is 60.7 Å². The Kier molecular flexibility index (Phi) is 6.64. The van der Waals surface area contributed by atoms with E-state index in [1.165, 1.54) is 0 Å². The van der Waals surface area contributed by atoms with Crippen molar-refractivity contribution in [1.29, 1.82) is 0 Å². The highest BCUT2D eigenvalue weighted by Gasteiger charge is 2.28. The second-order valence-electron chi connectivity index (χ2n) is 9.92. The number of amides is 1. The second kappa shape index (κ2) is 10.4. The fraction of sp³-hybridized carbons (Fsp3) is 0.281. The molecule has 192 valence electrons. The zero-order valence-corrected chi connectivity index (χ0v) is 21.7. The molecule has 2 aliphatic rings. The van der Waals surface area contributed by atoms with Gasteiger partial charge in [-0.3, -0.25) is 19.6 Å². The number of rotatable bonds is 5. The topological polar surface area (TPSA) is 62.7 Å². The van der Waals surface area contributed by atoms with Gasteiger partial charge >= 0.3 is 5.97 Å². The molecule has 6 heteroatoms. The number of pyridine rings is 1. The molecular formula is C32H31N3O3. The number of hydrogen-bond donors (Lipinski definition) is 0. The molecule has 6 rings (SSSR count). The zero-order chi connectivity index (χ0) is 26.1. The number of nitrogens with zero attached hydrogens (tertiary/aromatic N) is 3. The normalized spacial score (nSPS) is 14.8. The highest BCUT2D eigenvalue weighted by Crippen LogP contribution is 2.36. The first kappa shape index (κ1) is 24.3. The van der Waals surface area contributed by atoms with Gasteiger partial charge in [-0.1, -0.05) is 61.5 Å². The zero-order valence-electron chi connectivity index (χ0n) is 21.7. The van der Waals surface area contributed by atoms with Crippen LogP contribution in [0.1, 0.15) is 46.1 Å². The number of fused-ring (bicyclic) bond motifs is 4. The van der Waals surface area contributed by atoms with Crippen LogP contribution in [0.15, 0.2) is 72.8 Å². The number of anilines is 2. The summed E-state index contributed by atoms with van der Waals surface area (Å²) in [7, 11) is 0. The van der Waals surface area contributed by atoms with Crippen LogP contribution >= 0.6 is 0 Å². The molecule has 0 atom stereocenters. The number of para-hydroxylation sites is 3.